The first kappa shape index (κ1) is 21.2. The number of hydrogen-bond donors (Lipinski definition) is 2. The molecule has 33 heavy (non-hydrogen) atoms. The van der Waals surface area contributed by atoms with Crippen LogP contribution in [0.3, 0.4) is 0 Å². The number of aromatic nitrogens is 3. The molecule has 0 spiro atoms. The number of aromatic amines is 1. The number of hydrogen-bond acceptors (Lipinski definition) is 5. The Bertz CT molecular complexity index is 1260. The Hall–Kier alpha value is -3.71. The van der Waals surface area contributed by atoms with Crippen LogP contribution in [0, 0.1) is 0 Å². The van der Waals surface area contributed by atoms with Crippen LogP contribution in [-0.4, -0.2) is 45.7 Å². The molecule has 2 aromatic heterocycles. The molecule has 2 aromatic carbocycles. The number of anilines is 1. The number of likely N-dealkylation sites (tertiary alicyclic amines) is 1. The lowest BCUT2D eigenvalue weighted by atomic mass is 10.0. The van der Waals surface area contributed by atoms with E-state index in [0.717, 1.165) is 47.4 Å². The van der Waals surface area contributed by atoms with Crippen LogP contribution >= 0.6 is 0 Å². The summed E-state index contributed by atoms with van der Waals surface area (Å²) in [6.07, 6.45) is 6.35. The molecule has 0 atom stereocenters. The third kappa shape index (κ3) is 4.73. The quantitative estimate of drug-likeness (QED) is 0.427. The molecule has 1 saturated heterocycles. The van der Waals surface area contributed by atoms with Crippen molar-refractivity contribution >= 4 is 22.5 Å². The van der Waals surface area contributed by atoms with E-state index in [9.17, 15) is 4.79 Å². The van der Waals surface area contributed by atoms with Gasteiger partial charge in [0.05, 0.1) is 12.1 Å². The maximum absolute atomic E-state index is 13.0. The van der Waals surface area contributed by atoms with Crippen LogP contribution < -0.4 is 10.1 Å². The van der Waals surface area contributed by atoms with E-state index in [0.29, 0.717) is 18.0 Å². The zero-order valence-corrected chi connectivity index (χ0v) is 18.7. The van der Waals surface area contributed by atoms with Gasteiger partial charge in [-0.2, -0.15) is 5.10 Å². The number of nitrogens with zero attached hydrogens (tertiary/aromatic N) is 3. The Morgan fingerprint density at radius 2 is 1.88 bits per heavy atom. The molecule has 1 aliphatic heterocycles. The van der Waals surface area contributed by atoms with Gasteiger partial charge in [-0.15, -0.1) is 0 Å². The van der Waals surface area contributed by atoms with Gasteiger partial charge >= 0.3 is 0 Å². The second-order valence-electron chi connectivity index (χ2n) is 8.31. The summed E-state index contributed by atoms with van der Waals surface area (Å²) in [5.41, 5.74) is 5.12. The number of fused-ring (bicyclic) bond motifs is 1. The first-order valence-corrected chi connectivity index (χ1v) is 11.4. The standard InChI is InChI=1S/C26H27N5O2/c1-2-33-22-8-6-21(7-9-22)28-26(32)25-23-14-19(5-10-24(23)29-30-25)20-13-18(15-27-16-20)17-31-11-3-4-12-31/h5-10,13-16H,2-4,11-12,17H2,1H3,(H,28,32)(H,29,30). The van der Waals surface area contributed by atoms with Crippen LogP contribution in [0.15, 0.2) is 60.9 Å². The smallest absolute Gasteiger partial charge is 0.276 e. The highest BCUT2D eigenvalue weighted by atomic mass is 16.5. The molecule has 168 valence electrons. The predicted octanol–water partition coefficient (Wildman–Crippen LogP) is 4.87. The van der Waals surface area contributed by atoms with Gasteiger partial charge in [0.15, 0.2) is 5.69 Å². The molecule has 4 aromatic rings. The number of nitrogens with one attached hydrogen (secondary N) is 2. The Morgan fingerprint density at radius 3 is 2.67 bits per heavy atom. The fourth-order valence-corrected chi connectivity index (χ4v) is 4.29. The Kier molecular flexibility index (Phi) is 6.04. The average molecular weight is 442 g/mol. The van der Waals surface area contributed by atoms with Crippen molar-refractivity contribution in [2.75, 3.05) is 25.0 Å². The van der Waals surface area contributed by atoms with Gasteiger partial charge in [-0.05, 0) is 86.4 Å². The summed E-state index contributed by atoms with van der Waals surface area (Å²) in [5.74, 6) is 0.509. The maximum atomic E-state index is 13.0. The van der Waals surface area contributed by atoms with E-state index in [4.69, 9.17) is 4.74 Å². The predicted molar refractivity (Wildman–Crippen MR) is 129 cm³/mol. The number of rotatable bonds is 7. The summed E-state index contributed by atoms with van der Waals surface area (Å²) in [6, 6.07) is 15.5. The van der Waals surface area contributed by atoms with Crippen molar-refractivity contribution in [2.24, 2.45) is 0 Å². The molecular weight excluding hydrogens is 414 g/mol. The molecule has 7 heteroatoms. The van der Waals surface area contributed by atoms with Gasteiger partial charge in [0, 0.05) is 35.6 Å². The molecule has 5 rings (SSSR count). The minimum Gasteiger partial charge on any atom is -0.494 e. The minimum absolute atomic E-state index is 0.261. The molecule has 0 unspecified atom stereocenters. The number of carbonyl (C=O) groups excluding carboxylic acids is 1. The van der Waals surface area contributed by atoms with Crippen molar-refractivity contribution in [1.29, 1.82) is 0 Å². The number of carbonyl (C=O) groups is 1. The molecule has 1 aliphatic rings. The Morgan fingerprint density at radius 1 is 1.06 bits per heavy atom. The van der Waals surface area contributed by atoms with Crippen molar-refractivity contribution in [2.45, 2.75) is 26.3 Å². The number of amides is 1. The van der Waals surface area contributed by atoms with Crippen LogP contribution in [0.1, 0.15) is 35.8 Å². The van der Waals surface area contributed by atoms with Gasteiger partial charge in [0.1, 0.15) is 5.75 Å². The van der Waals surface area contributed by atoms with E-state index >= 15 is 0 Å². The Balaban J connectivity index is 1.38. The van der Waals surface area contributed by atoms with Gasteiger partial charge < -0.3 is 10.1 Å². The summed E-state index contributed by atoms with van der Waals surface area (Å²) in [5, 5.41) is 10.9. The van der Waals surface area contributed by atoms with E-state index in [2.05, 4.69) is 31.5 Å². The van der Waals surface area contributed by atoms with E-state index in [1.165, 1.54) is 18.4 Å². The lowest BCUT2D eigenvalue weighted by Crippen LogP contribution is -2.18. The second kappa shape index (κ2) is 9.42. The molecule has 0 saturated carbocycles. The van der Waals surface area contributed by atoms with Crippen LogP contribution in [0.25, 0.3) is 22.0 Å². The summed E-state index contributed by atoms with van der Waals surface area (Å²) in [7, 11) is 0. The summed E-state index contributed by atoms with van der Waals surface area (Å²) < 4.78 is 5.46. The number of H-pyrrole nitrogens is 1. The first-order chi connectivity index (χ1) is 16.2. The minimum atomic E-state index is -0.261. The molecule has 0 radical (unpaired) electrons. The lowest BCUT2D eigenvalue weighted by molar-refractivity contribution is 0.102. The van der Waals surface area contributed by atoms with Crippen molar-refractivity contribution in [3.8, 4) is 16.9 Å². The molecule has 0 aliphatic carbocycles. The van der Waals surface area contributed by atoms with E-state index in [1.54, 1.807) is 0 Å². The maximum Gasteiger partial charge on any atom is 0.276 e. The average Bonchev–Trinajstić information content (AvgIpc) is 3.50. The molecular formula is C26H27N5O2. The van der Waals surface area contributed by atoms with E-state index in [1.807, 2.05) is 61.8 Å². The van der Waals surface area contributed by atoms with Gasteiger partial charge in [0.25, 0.3) is 5.91 Å². The van der Waals surface area contributed by atoms with Crippen LogP contribution in [0.5, 0.6) is 5.75 Å². The largest absolute Gasteiger partial charge is 0.494 e. The zero-order valence-electron chi connectivity index (χ0n) is 18.7. The first-order valence-electron chi connectivity index (χ1n) is 11.4. The number of benzene rings is 2. The third-order valence-electron chi connectivity index (χ3n) is 5.93. The van der Waals surface area contributed by atoms with Crippen molar-refractivity contribution < 1.29 is 9.53 Å². The van der Waals surface area contributed by atoms with E-state index in [-0.39, 0.29) is 5.91 Å². The SMILES string of the molecule is CCOc1ccc(NC(=O)c2n[nH]c3ccc(-c4cncc(CN5CCCC5)c4)cc23)cc1. The molecule has 3 heterocycles. The third-order valence-corrected chi connectivity index (χ3v) is 5.93. The Labute approximate surface area is 192 Å². The van der Waals surface area contributed by atoms with Gasteiger partial charge in [0.2, 0.25) is 0 Å². The van der Waals surface area contributed by atoms with Crippen molar-refractivity contribution in [3.63, 3.8) is 0 Å². The van der Waals surface area contributed by atoms with Gasteiger partial charge in [-0.25, -0.2) is 0 Å². The van der Waals surface area contributed by atoms with E-state index < -0.39 is 0 Å². The van der Waals surface area contributed by atoms with Crippen molar-refractivity contribution in [3.05, 3.63) is 72.2 Å². The fraction of sp³-hybridized carbons (Fsp3) is 0.269. The number of pyridine rings is 1. The van der Waals surface area contributed by atoms with Gasteiger partial charge in [-0.1, -0.05) is 6.07 Å². The zero-order chi connectivity index (χ0) is 22.6. The normalized spacial score (nSPS) is 14.0. The molecule has 7 nitrogen and oxygen atoms in total. The summed E-state index contributed by atoms with van der Waals surface area (Å²) in [6.45, 7) is 5.76. The summed E-state index contributed by atoms with van der Waals surface area (Å²) in [4.78, 5) is 19.9. The molecule has 0 bridgehead atoms. The van der Waals surface area contributed by atoms with Gasteiger partial charge in [-0.3, -0.25) is 19.8 Å². The highest BCUT2D eigenvalue weighted by Gasteiger charge is 2.16. The molecule has 1 amide bonds. The topological polar surface area (TPSA) is 83.1 Å². The van der Waals surface area contributed by atoms with Crippen LogP contribution in [0.4, 0.5) is 5.69 Å². The summed E-state index contributed by atoms with van der Waals surface area (Å²) >= 11 is 0. The molecule has 2 N–H and O–H groups in total. The second-order valence-corrected chi connectivity index (χ2v) is 8.31. The lowest BCUT2D eigenvalue weighted by Gasteiger charge is -2.14. The highest BCUT2D eigenvalue weighted by molar-refractivity contribution is 6.11. The monoisotopic (exact) mass is 441 g/mol. The highest BCUT2D eigenvalue weighted by Crippen LogP contribution is 2.27. The van der Waals surface area contributed by atoms with Crippen molar-refractivity contribution in [1.82, 2.24) is 20.1 Å². The fourth-order valence-electron chi connectivity index (χ4n) is 4.29. The van der Waals surface area contributed by atoms with Crippen LogP contribution in [0.2, 0.25) is 0 Å². The van der Waals surface area contributed by atoms with Crippen LogP contribution in [-0.2, 0) is 6.54 Å². The molecule has 1 fully saturated rings. The number of ether oxygens (including phenoxy) is 1.